The monoisotopic (exact) mass is 326 g/mol. The van der Waals surface area contributed by atoms with E-state index in [1.54, 1.807) is 12.3 Å². The Labute approximate surface area is 144 Å². The Balaban J connectivity index is 2.08. The Hall–Kier alpha value is -2.40. The van der Waals surface area contributed by atoms with Crippen molar-refractivity contribution in [3.63, 3.8) is 0 Å². The molecule has 2 aromatic rings. The maximum Gasteiger partial charge on any atom is 0.269 e. The molecule has 0 spiro atoms. The normalized spacial score (nSPS) is 12.0. The van der Waals surface area contributed by atoms with Crippen molar-refractivity contribution in [3.05, 3.63) is 59.4 Å². The predicted octanol–water partition coefficient (Wildman–Crippen LogP) is 2.85. The number of likely N-dealkylation sites (N-methyl/N-ethyl adjacent to an activating group) is 1. The summed E-state index contributed by atoms with van der Waals surface area (Å²) in [5.41, 5.74) is 3.84. The van der Waals surface area contributed by atoms with Gasteiger partial charge < -0.3 is 15.5 Å². The molecule has 0 radical (unpaired) electrons. The molecule has 1 amide bonds. The number of amides is 1. The average Bonchev–Trinajstić information content (AvgIpc) is 2.57. The zero-order valence-electron chi connectivity index (χ0n) is 14.8. The molecule has 5 heteroatoms. The number of pyridine rings is 1. The van der Waals surface area contributed by atoms with Crippen molar-refractivity contribution in [2.45, 2.75) is 19.9 Å². The summed E-state index contributed by atoms with van der Waals surface area (Å²) in [7, 11) is 4.14. The number of rotatable bonds is 7. The Bertz CT molecular complexity index is 667. The number of carbonyl (C=O) groups excluding carboxylic acids is 1. The van der Waals surface area contributed by atoms with Gasteiger partial charge in [0.15, 0.2) is 0 Å². The summed E-state index contributed by atoms with van der Waals surface area (Å²) in [6.45, 7) is 5.32. The molecule has 0 aliphatic heterocycles. The van der Waals surface area contributed by atoms with Crippen molar-refractivity contribution in [2.24, 2.45) is 0 Å². The third-order valence-corrected chi connectivity index (χ3v) is 3.91. The van der Waals surface area contributed by atoms with E-state index in [0.29, 0.717) is 12.2 Å². The highest BCUT2D eigenvalue weighted by Crippen LogP contribution is 2.20. The molecule has 1 aromatic carbocycles. The molecule has 1 heterocycles. The summed E-state index contributed by atoms with van der Waals surface area (Å²) >= 11 is 0. The fourth-order valence-electron chi connectivity index (χ4n) is 2.52. The minimum absolute atomic E-state index is 0.149. The van der Waals surface area contributed by atoms with Gasteiger partial charge in [-0.05, 0) is 45.6 Å². The van der Waals surface area contributed by atoms with Crippen LogP contribution in [-0.4, -0.2) is 43.0 Å². The number of nitrogens with zero attached hydrogens (tertiary/aromatic N) is 2. The number of nitrogens with one attached hydrogen (secondary N) is 2. The molecule has 0 saturated carbocycles. The minimum Gasteiger partial charge on any atom is -0.383 e. The second-order valence-corrected chi connectivity index (χ2v) is 6.06. The van der Waals surface area contributed by atoms with Gasteiger partial charge in [-0.2, -0.15) is 0 Å². The molecule has 5 nitrogen and oxygen atoms in total. The van der Waals surface area contributed by atoms with Crippen LogP contribution in [0.1, 0.15) is 34.6 Å². The van der Waals surface area contributed by atoms with Crippen LogP contribution in [0.15, 0.2) is 42.6 Å². The van der Waals surface area contributed by atoms with Gasteiger partial charge in [-0.15, -0.1) is 0 Å². The van der Waals surface area contributed by atoms with E-state index in [9.17, 15) is 4.79 Å². The van der Waals surface area contributed by atoms with Gasteiger partial charge in [-0.1, -0.05) is 29.8 Å². The van der Waals surface area contributed by atoms with E-state index in [0.717, 1.165) is 12.2 Å². The zero-order valence-corrected chi connectivity index (χ0v) is 14.8. The molecular weight excluding hydrogens is 300 g/mol. The topological polar surface area (TPSA) is 57.3 Å². The van der Waals surface area contributed by atoms with Crippen molar-refractivity contribution in [1.82, 2.24) is 15.2 Å². The fourth-order valence-corrected chi connectivity index (χ4v) is 2.52. The fraction of sp³-hybridized carbons (Fsp3) is 0.368. The second kappa shape index (κ2) is 8.45. The summed E-state index contributed by atoms with van der Waals surface area (Å²) in [5, 5.41) is 6.18. The van der Waals surface area contributed by atoms with E-state index in [1.165, 1.54) is 11.1 Å². The first-order valence-electron chi connectivity index (χ1n) is 8.22. The summed E-state index contributed by atoms with van der Waals surface area (Å²) in [5.74, 6) is -0.149. The van der Waals surface area contributed by atoms with Gasteiger partial charge in [-0.25, -0.2) is 0 Å². The number of aromatic nitrogens is 1. The standard InChI is InChI=1S/C19H26N4O/c1-5-20-19(24)17-12-16(10-11-21-17)22-13-18(23(3)4)15-8-6-14(2)7-9-15/h6-12,18H,5,13H2,1-4H3,(H,20,24)(H,21,22). The van der Waals surface area contributed by atoms with Crippen molar-refractivity contribution in [1.29, 1.82) is 0 Å². The van der Waals surface area contributed by atoms with E-state index in [2.05, 4.69) is 65.8 Å². The average molecular weight is 326 g/mol. The van der Waals surface area contributed by atoms with Crippen LogP contribution in [0.3, 0.4) is 0 Å². The number of aryl methyl sites for hydroxylation is 1. The second-order valence-electron chi connectivity index (χ2n) is 6.06. The Morgan fingerprint density at radius 2 is 1.92 bits per heavy atom. The van der Waals surface area contributed by atoms with Gasteiger partial charge in [0.2, 0.25) is 0 Å². The number of anilines is 1. The van der Waals surface area contributed by atoms with Gasteiger partial charge in [0.25, 0.3) is 5.91 Å². The number of benzene rings is 1. The number of hydrogen-bond acceptors (Lipinski definition) is 4. The van der Waals surface area contributed by atoms with E-state index in [4.69, 9.17) is 0 Å². The maximum atomic E-state index is 11.9. The van der Waals surface area contributed by atoms with Crippen LogP contribution in [0.25, 0.3) is 0 Å². The van der Waals surface area contributed by atoms with Crippen LogP contribution in [0, 0.1) is 6.92 Å². The highest BCUT2D eigenvalue weighted by molar-refractivity contribution is 5.93. The predicted molar refractivity (Wildman–Crippen MR) is 98.3 cm³/mol. The van der Waals surface area contributed by atoms with Gasteiger partial charge in [0, 0.05) is 25.0 Å². The molecule has 2 N–H and O–H groups in total. The Kier molecular flexibility index (Phi) is 6.32. The Morgan fingerprint density at radius 1 is 1.21 bits per heavy atom. The lowest BCUT2D eigenvalue weighted by molar-refractivity contribution is 0.0951. The van der Waals surface area contributed by atoms with E-state index >= 15 is 0 Å². The van der Waals surface area contributed by atoms with Crippen molar-refractivity contribution in [2.75, 3.05) is 32.5 Å². The van der Waals surface area contributed by atoms with Crippen molar-refractivity contribution >= 4 is 11.6 Å². The molecule has 0 aliphatic rings. The first-order valence-corrected chi connectivity index (χ1v) is 8.22. The number of hydrogen-bond donors (Lipinski definition) is 2. The highest BCUT2D eigenvalue weighted by atomic mass is 16.1. The van der Waals surface area contributed by atoms with Gasteiger partial charge in [0.05, 0.1) is 6.04 Å². The van der Waals surface area contributed by atoms with Crippen LogP contribution in [0.5, 0.6) is 0 Å². The zero-order chi connectivity index (χ0) is 17.5. The lowest BCUT2D eigenvalue weighted by atomic mass is 10.0. The molecule has 1 aromatic heterocycles. The molecule has 24 heavy (non-hydrogen) atoms. The van der Waals surface area contributed by atoms with Crippen LogP contribution in [-0.2, 0) is 0 Å². The summed E-state index contributed by atoms with van der Waals surface area (Å²) < 4.78 is 0. The quantitative estimate of drug-likeness (QED) is 0.821. The smallest absolute Gasteiger partial charge is 0.269 e. The van der Waals surface area contributed by atoms with E-state index < -0.39 is 0 Å². The maximum absolute atomic E-state index is 11.9. The largest absolute Gasteiger partial charge is 0.383 e. The van der Waals surface area contributed by atoms with Gasteiger partial charge in [0.1, 0.15) is 5.69 Å². The molecule has 2 rings (SSSR count). The lowest BCUT2D eigenvalue weighted by Crippen LogP contribution is -2.27. The summed E-state index contributed by atoms with van der Waals surface area (Å²) in [4.78, 5) is 18.2. The van der Waals surface area contributed by atoms with Crippen LogP contribution < -0.4 is 10.6 Å². The first kappa shape index (κ1) is 17.9. The third-order valence-electron chi connectivity index (χ3n) is 3.91. The van der Waals surface area contributed by atoms with Gasteiger partial charge >= 0.3 is 0 Å². The molecule has 0 aliphatic carbocycles. The molecule has 1 unspecified atom stereocenters. The molecule has 0 fully saturated rings. The molecule has 0 bridgehead atoms. The van der Waals surface area contributed by atoms with Crippen LogP contribution >= 0.6 is 0 Å². The minimum atomic E-state index is -0.149. The summed E-state index contributed by atoms with van der Waals surface area (Å²) in [6.07, 6.45) is 1.66. The highest BCUT2D eigenvalue weighted by Gasteiger charge is 2.14. The Morgan fingerprint density at radius 3 is 2.54 bits per heavy atom. The van der Waals surface area contributed by atoms with Gasteiger partial charge in [-0.3, -0.25) is 9.78 Å². The first-order chi connectivity index (χ1) is 11.5. The number of carbonyl (C=O) groups is 1. The van der Waals surface area contributed by atoms with Crippen LogP contribution in [0.2, 0.25) is 0 Å². The van der Waals surface area contributed by atoms with Crippen molar-refractivity contribution in [3.8, 4) is 0 Å². The van der Waals surface area contributed by atoms with E-state index in [-0.39, 0.29) is 11.9 Å². The van der Waals surface area contributed by atoms with Crippen LogP contribution in [0.4, 0.5) is 5.69 Å². The lowest BCUT2D eigenvalue weighted by Gasteiger charge is -2.25. The molecule has 128 valence electrons. The molecule has 1 atom stereocenters. The molecule has 0 saturated heterocycles. The summed E-state index contributed by atoms with van der Waals surface area (Å²) in [6, 6.07) is 12.5. The van der Waals surface area contributed by atoms with E-state index in [1.807, 2.05) is 13.0 Å². The third kappa shape index (κ3) is 4.80. The van der Waals surface area contributed by atoms with Crippen molar-refractivity contribution < 1.29 is 4.79 Å². The SMILES string of the molecule is CCNC(=O)c1cc(NCC(c2ccc(C)cc2)N(C)C)ccn1. The molecular formula is C19H26N4O.